The molecule has 0 fully saturated rings. The molecule has 0 aromatic heterocycles. The van der Waals surface area contributed by atoms with Crippen LogP contribution >= 0.6 is 0 Å². The molecule has 0 saturated heterocycles. The number of urea groups is 1. The van der Waals surface area contributed by atoms with Crippen LogP contribution < -0.4 is 5.32 Å². The third-order valence-corrected chi connectivity index (χ3v) is 1.64. The van der Waals surface area contributed by atoms with Gasteiger partial charge in [0.1, 0.15) is 0 Å². The van der Waals surface area contributed by atoms with Crippen molar-refractivity contribution in [2.45, 2.75) is 20.3 Å². The van der Waals surface area contributed by atoms with Crippen LogP contribution in [0.2, 0.25) is 0 Å². The molecule has 0 aliphatic rings. The van der Waals surface area contributed by atoms with Crippen LogP contribution in [0.3, 0.4) is 0 Å². The third kappa shape index (κ3) is 5.07. The zero-order chi connectivity index (χ0) is 10.3. The summed E-state index contributed by atoms with van der Waals surface area (Å²) in [6.07, 6.45) is 0.924. The Morgan fingerprint density at radius 3 is 2.77 bits per heavy atom. The normalized spacial score (nSPS) is 11.5. The lowest BCUT2D eigenvalue weighted by atomic mass is 10.2. The molecular weight excluding hydrogens is 166 g/mol. The fraction of sp³-hybridized carbons (Fsp3) is 0.778. The Morgan fingerprint density at radius 2 is 2.31 bits per heavy atom. The second kappa shape index (κ2) is 6.30. The van der Waals surface area contributed by atoms with E-state index >= 15 is 0 Å². The molecule has 0 radical (unpaired) electrons. The Balaban J connectivity index is 3.77. The van der Waals surface area contributed by atoms with E-state index < -0.39 is 0 Å². The van der Waals surface area contributed by atoms with Crippen molar-refractivity contribution in [3.63, 3.8) is 0 Å². The molecule has 0 spiro atoms. The molecule has 1 unspecified atom stereocenters. The molecule has 0 heterocycles. The lowest BCUT2D eigenvalue weighted by Crippen LogP contribution is -2.39. The average molecular weight is 183 g/mol. The van der Waals surface area contributed by atoms with Crippen molar-refractivity contribution < 1.29 is 4.79 Å². The summed E-state index contributed by atoms with van der Waals surface area (Å²) >= 11 is 0. The van der Waals surface area contributed by atoms with Crippen molar-refractivity contribution in [1.82, 2.24) is 10.2 Å². The number of amides is 2. The molecule has 0 bridgehead atoms. The van der Waals surface area contributed by atoms with E-state index in [9.17, 15) is 4.79 Å². The van der Waals surface area contributed by atoms with Crippen LogP contribution in [0.15, 0.2) is 0 Å². The maximum absolute atomic E-state index is 11.3. The van der Waals surface area contributed by atoms with Crippen molar-refractivity contribution in [2.24, 2.45) is 5.92 Å². The average Bonchev–Trinajstić information content (AvgIpc) is 2.13. The summed E-state index contributed by atoms with van der Waals surface area (Å²) in [4.78, 5) is 12.8. The maximum Gasteiger partial charge on any atom is 0.317 e. The first-order chi connectivity index (χ1) is 6.11. The molecule has 0 saturated carbocycles. The van der Waals surface area contributed by atoms with Crippen molar-refractivity contribution in [1.29, 1.82) is 5.26 Å². The quantitative estimate of drug-likeness (QED) is 0.712. The van der Waals surface area contributed by atoms with Crippen LogP contribution in [0.4, 0.5) is 4.79 Å². The molecule has 0 aliphatic carbocycles. The summed E-state index contributed by atoms with van der Waals surface area (Å²) < 4.78 is 0. The molecular formula is C9H17N3O. The van der Waals surface area contributed by atoms with Crippen LogP contribution in [0.25, 0.3) is 0 Å². The number of rotatable bonds is 4. The predicted molar refractivity (Wildman–Crippen MR) is 51.1 cm³/mol. The van der Waals surface area contributed by atoms with Crippen LogP contribution in [-0.2, 0) is 0 Å². The molecule has 1 N–H and O–H groups in total. The van der Waals surface area contributed by atoms with Gasteiger partial charge in [-0.1, -0.05) is 6.92 Å². The largest absolute Gasteiger partial charge is 0.338 e. The highest BCUT2D eigenvalue weighted by Crippen LogP contribution is 1.95. The van der Waals surface area contributed by atoms with E-state index in [1.54, 1.807) is 14.0 Å². The van der Waals surface area contributed by atoms with Gasteiger partial charge in [-0.2, -0.15) is 5.26 Å². The van der Waals surface area contributed by atoms with E-state index in [0.717, 1.165) is 6.42 Å². The van der Waals surface area contributed by atoms with Gasteiger partial charge in [0.25, 0.3) is 0 Å². The molecule has 0 aliphatic heterocycles. The minimum atomic E-state index is -0.114. The Labute approximate surface area is 79.5 Å². The lowest BCUT2D eigenvalue weighted by molar-refractivity contribution is 0.205. The molecule has 2 amide bonds. The SMILES string of the molecule is CCCNC(=O)N(C)CC(C)C#N. The first-order valence-corrected chi connectivity index (χ1v) is 4.50. The second-order valence-electron chi connectivity index (χ2n) is 3.14. The summed E-state index contributed by atoms with van der Waals surface area (Å²) in [7, 11) is 1.69. The van der Waals surface area contributed by atoms with Crippen LogP contribution in [-0.4, -0.2) is 31.1 Å². The Morgan fingerprint density at radius 1 is 1.69 bits per heavy atom. The van der Waals surface area contributed by atoms with Crippen LogP contribution in [0, 0.1) is 17.2 Å². The van der Waals surface area contributed by atoms with Crippen molar-refractivity contribution >= 4 is 6.03 Å². The van der Waals surface area contributed by atoms with E-state index in [2.05, 4.69) is 11.4 Å². The molecule has 74 valence electrons. The number of nitrogens with zero attached hydrogens (tertiary/aromatic N) is 2. The van der Waals surface area contributed by atoms with Gasteiger partial charge in [0.15, 0.2) is 0 Å². The van der Waals surface area contributed by atoms with Crippen LogP contribution in [0.1, 0.15) is 20.3 Å². The zero-order valence-electron chi connectivity index (χ0n) is 8.50. The number of hydrogen-bond donors (Lipinski definition) is 1. The third-order valence-electron chi connectivity index (χ3n) is 1.64. The van der Waals surface area contributed by atoms with Gasteiger partial charge in [0, 0.05) is 20.1 Å². The van der Waals surface area contributed by atoms with Crippen molar-refractivity contribution in [3.05, 3.63) is 0 Å². The van der Waals surface area contributed by atoms with Gasteiger partial charge < -0.3 is 10.2 Å². The lowest BCUT2D eigenvalue weighted by Gasteiger charge is -2.18. The first-order valence-electron chi connectivity index (χ1n) is 4.50. The Hall–Kier alpha value is -1.24. The van der Waals surface area contributed by atoms with E-state index in [1.165, 1.54) is 4.90 Å². The molecule has 0 aromatic carbocycles. The molecule has 0 aromatic rings. The second-order valence-corrected chi connectivity index (χ2v) is 3.14. The first kappa shape index (κ1) is 11.8. The molecule has 13 heavy (non-hydrogen) atoms. The highest BCUT2D eigenvalue weighted by molar-refractivity contribution is 5.73. The number of carbonyl (C=O) groups is 1. The monoisotopic (exact) mass is 183 g/mol. The Bertz CT molecular complexity index is 198. The summed E-state index contributed by atoms with van der Waals surface area (Å²) in [5.74, 6) is -0.114. The smallest absolute Gasteiger partial charge is 0.317 e. The van der Waals surface area contributed by atoms with Gasteiger partial charge in [0.05, 0.1) is 12.0 Å². The minimum absolute atomic E-state index is 0.107. The molecule has 1 atom stereocenters. The topological polar surface area (TPSA) is 56.1 Å². The summed E-state index contributed by atoms with van der Waals surface area (Å²) in [6.45, 7) is 4.96. The highest BCUT2D eigenvalue weighted by Gasteiger charge is 2.10. The van der Waals surface area contributed by atoms with Gasteiger partial charge in [-0.05, 0) is 13.3 Å². The zero-order valence-corrected chi connectivity index (χ0v) is 8.50. The molecule has 4 heteroatoms. The number of nitrogens with one attached hydrogen (secondary N) is 1. The number of nitriles is 1. The fourth-order valence-electron chi connectivity index (χ4n) is 0.901. The van der Waals surface area contributed by atoms with E-state index in [4.69, 9.17) is 5.26 Å². The summed E-state index contributed by atoms with van der Waals surface area (Å²) in [5, 5.41) is 11.3. The number of hydrogen-bond acceptors (Lipinski definition) is 2. The van der Waals surface area contributed by atoms with Gasteiger partial charge in [-0.3, -0.25) is 0 Å². The van der Waals surface area contributed by atoms with E-state index in [1.807, 2.05) is 6.92 Å². The van der Waals surface area contributed by atoms with Gasteiger partial charge >= 0.3 is 6.03 Å². The molecule has 4 nitrogen and oxygen atoms in total. The Kier molecular flexibility index (Phi) is 5.69. The van der Waals surface area contributed by atoms with Gasteiger partial charge in [-0.25, -0.2) is 4.79 Å². The van der Waals surface area contributed by atoms with Gasteiger partial charge in [0.2, 0.25) is 0 Å². The summed E-state index contributed by atoms with van der Waals surface area (Å²) in [5.41, 5.74) is 0. The fourth-order valence-corrected chi connectivity index (χ4v) is 0.901. The minimum Gasteiger partial charge on any atom is -0.338 e. The van der Waals surface area contributed by atoms with Crippen molar-refractivity contribution in [2.75, 3.05) is 20.1 Å². The highest BCUT2D eigenvalue weighted by atomic mass is 16.2. The maximum atomic E-state index is 11.3. The predicted octanol–water partition coefficient (Wildman–Crippen LogP) is 1.20. The number of carbonyl (C=O) groups excluding carboxylic acids is 1. The van der Waals surface area contributed by atoms with E-state index in [-0.39, 0.29) is 11.9 Å². The summed E-state index contributed by atoms with van der Waals surface area (Å²) in [6, 6.07) is 1.98. The van der Waals surface area contributed by atoms with Crippen molar-refractivity contribution in [3.8, 4) is 6.07 Å². The van der Waals surface area contributed by atoms with Gasteiger partial charge in [-0.15, -0.1) is 0 Å². The standard InChI is InChI=1S/C9H17N3O/c1-4-5-11-9(13)12(3)7-8(2)6-10/h8H,4-5,7H2,1-3H3,(H,11,13). The van der Waals surface area contributed by atoms with E-state index in [0.29, 0.717) is 13.1 Å². The molecule has 0 rings (SSSR count). The van der Waals surface area contributed by atoms with Crippen LogP contribution in [0.5, 0.6) is 0 Å².